The Labute approximate surface area is 245 Å². The summed E-state index contributed by atoms with van der Waals surface area (Å²) in [6, 6.07) is 12.1. The highest BCUT2D eigenvalue weighted by Crippen LogP contribution is 2.35. The Balaban J connectivity index is 1.30. The SMILES string of the molecule is CCc1nc(-c2cccc3cc(-c4ccc(C5(NC(=O)OC(C)(C)C)COC5)nc4)ncc23)c2n1CCN(C(C)=O)C2. The lowest BCUT2D eigenvalue weighted by molar-refractivity contribution is -0.130. The maximum atomic E-state index is 12.5. The average molecular weight is 569 g/mol. The number of alkyl carbamates (subject to hydrolysis) is 1. The van der Waals surface area contributed by atoms with Gasteiger partial charge in [0.15, 0.2) is 0 Å². The van der Waals surface area contributed by atoms with Crippen molar-refractivity contribution in [1.29, 1.82) is 0 Å². The van der Waals surface area contributed by atoms with Crippen LogP contribution in [0.2, 0.25) is 0 Å². The third-order valence-corrected chi connectivity index (χ3v) is 7.85. The number of hydrogen-bond donors (Lipinski definition) is 1. The van der Waals surface area contributed by atoms with Gasteiger partial charge in [-0.2, -0.15) is 0 Å². The largest absolute Gasteiger partial charge is 0.444 e. The number of nitrogens with one attached hydrogen (secondary N) is 1. The molecule has 4 aromatic rings. The average Bonchev–Trinajstić information content (AvgIpc) is 3.31. The van der Waals surface area contributed by atoms with Crippen LogP contribution in [0.4, 0.5) is 4.79 Å². The first kappa shape index (κ1) is 27.8. The van der Waals surface area contributed by atoms with Crippen molar-refractivity contribution in [3.63, 3.8) is 0 Å². The third-order valence-electron chi connectivity index (χ3n) is 7.85. The summed E-state index contributed by atoms with van der Waals surface area (Å²) in [5.74, 6) is 1.11. The van der Waals surface area contributed by atoms with Crippen molar-refractivity contribution in [1.82, 2.24) is 29.7 Å². The summed E-state index contributed by atoms with van der Waals surface area (Å²) >= 11 is 0. The van der Waals surface area contributed by atoms with Crippen molar-refractivity contribution >= 4 is 22.8 Å². The van der Waals surface area contributed by atoms with Crippen LogP contribution >= 0.6 is 0 Å². The van der Waals surface area contributed by atoms with E-state index in [-0.39, 0.29) is 5.91 Å². The zero-order chi connectivity index (χ0) is 29.6. The van der Waals surface area contributed by atoms with Gasteiger partial charge in [-0.1, -0.05) is 25.1 Å². The molecule has 3 aromatic heterocycles. The summed E-state index contributed by atoms with van der Waals surface area (Å²) in [6.45, 7) is 11.9. The number of aryl methyl sites for hydroxylation is 1. The van der Waals surface area contributed by atoms with Crippen LogP contribution in [0.3, 0.4) is 0 Å². The number of fused-ring (bicyclic) bond motifs is 2. The lowest BCUT2D eigenvalue weighted by Gasteiger charge is -2.41. The van der Waals surface area contributed by atoms with Gasteiger partial charge in [-0.05, 0) is 44.4 Å². The van der Waals surface area contributed by atoms with Gasteiger partial charge in [0.25, 0.3) is 0 Å². The molecule has 6 rings (SSSR count). The molecule has 0 saturated carbocycles. The molecule has 5 heterocycles. The van der Waals surface area contributed by atoms with E-state index in [1.165, 1.54) is 0 Å². The molecule has 2 amide bonds. The molecule has 10 nitrogen and oxygen atoms in total. The van der Waals surface area contributed by atoms with Gasteiger partial charge in [-0.25, -0.2) is 9.78 Å². The minimum atomic E-state index is -0.717. The number of rotatable bonds is 5. The Bertz CT molecular complexity index is 1670. The van der Waals surface area contributed by atoms with E-state index in [4.69, 9.17) is 24.4 Å². The Kier molecular flexibility index (Phi) is 6.97. The Morgan fingerprint density at radius 3 is 2.55 bits per heavy atom. The van der Waals surface area contributed by atoms with Crippen LogP contribution in [0.5, 0.6) is 0 Å². The van der Waals surface area contributed by atoms with Crippen molar-refractivity contribution in [2.75, 3.05) is 19.8 Å². The number of benzene rings is 1. The molecule has 0 unspecified atom stereocenters. The minimum Gasteiger partial charge on any atom is -0.444 e. The highest BCUT2D eigenvalue weighted by molar-refractivity contribution is 5.97. The second-order valence-electron chi connectivity index (χ2n) is 12.0. The molecule has 2 aliphatic rings. The molecule has 0 atom stereocenters. The van der Waals surface area contributed by atoms with Crippen molar-refractivity contribution in [2.24, 2.45) is 0 Å². The van der Waals surface area contributed by atoms with E-state index in [0.717, 1.165) is 57.8 Å². The van der Waals surface area contributed by atoms with Gasteiger partial charge in [-0.3, -0.25) is 14.8 Å². The Hall–Kier alpha value is -4.31. The normalized spacial score (nSPS) is 16.1. The highest BCUT2D eigenvalue weighted by atomic mass is 16.6. The number of amides is 2. The van der Waals surface area contributed by atoms with Gasteiger partial charge in [0.2, 0.25) is 5.91 Å². The summed E-state index contributed by atoms with van der Waals surface area (Å²) in [4.78, 5) is 41.0. The molecule has 42 heavy (non-hydrogen) atoms. The van der Waals surface area contributed by atoms with E-state index in [1.807, 2.05) is 50.1 Å². The molecule has 1 N–H and O–H groups in total. The van der Waals surface area contributed by atoms with Crippen molar-refractivity contribution in [2.45, 2.75) is 65.3 Å². The van der Waals surface area contributed by atoms with E-state index >= 15 is 0 Å². The molecular weight excluding hydrogens is 532 g/mol. The predicted octanol–water partition coefficient (Wildman–Crippen LogP) is 4.84. The van der Waals surface area contributed by atoms with E-state index in [0.29, 0.717) is 32.0 Å². The zero-order valence-corrected chi connectivity index (χ0v) is 24.7. The fourth-order valence-electron chi connectivity index (χ4n) is 5.65. The topological polar surface area (TPSA) is 111 Å². The van der Waals surface area contributed by atoms with Gasteiger partial charge in [0.05, 0.1) is 42.5 Å². The van der Waals surface area contributed by atoms with E-state index in [1.54, 1.807) is 13.1 Å². The van der Waals surface area contributed by atoms with Crippen LogP contribution in [0.25, 0.3) is 33.3 Å². The summed E-state index contributed by atoms with van der Waals surface area (Å²) in [5, 5.41) is 4.99. The molecule has 0 spiro atoms. The molecule has 2 aliphatic heterocycles. The number of ether oxygens (including phenoxy) is 2. The molecule has 1 fully saturated rings. The quantitative estimate of drug-likeness (QED) is 0.367. The van der Waals surface area contributed by atoms with Crippen molar-refractivity contribution < 1.29 is 19.1 Å². The molecule has 218 valence electrons. The lowest BCUT2D eigenvalue weighted by Crippen LogP contribution is -2.60. The first-order chi connectivity index (χ1) is 20.1. The first-order valence-electron chi connectivity index (χ1n) is 14.4. The van der Waals surface area contributed by atoms with Gasteiger partial charge < -0.3 is 24.3 Å². The highest BCUT2D eigenvalue weighted by Gasteiger charge is 2.44. The third kappa shape index (κ3) is 5.11. The molecule has 0 bridgehead atoms. The standard InChI is InChI=1S/C32H36N6O4/c1-6-28-35-29(26-17-37(20(2)39)12-13-38(26)28)23-9-7-8-21-14-25(33-16-24(21)23)22-10-11-27(34-15-22)32(18-41-19-32)36-30(40)42-31(3,4)5/h7-11,14-16H,6,12-13,17-19H2,1-5H3,(H,36,40). The van der Waals surface area contributed by atoms with Crippen molar-refractivity contribution in [3.05, 3.63) is 66.0 Å². The van der Waals surface area contributed by atoms with Gasteiger partial charge >= 0.3 is 6.09 Å². The van der Waals surface area contributed by atoms with Crippen LogP contribution < -0.4 is 5.32 Å². The predicted molar refractivity (Wildman–Crippen MR) is 159 cm³/mol. The molecule has 1 saturated heterocycles. The zero-order valence-electron chi connectivity index (χ0n) is 24.7. The fraction of sp³-hybridized carbons (Fsp3) is 0.406. The summed E-state index contributed by atoms with van der Waals surface area (Å²) in [7, 11) is 0. The van der Waals surface area contributed by atoms with Gasteiger partial charge in [0.1, 0.15) is 17.0 Å². The van der Waals surface area contributed by atoms with E-state index < -0.39 is 17.2 Å². The molecule has 1 aromatic carbocycles. The van der Waals surface area contributed by atoms with Crippen molar-refractivity contribution in [3.8, 4) is 22.5 Å². The lowest BCUT2D eigenvalue weighted by atomic mass is 9.92. The van der Waals surface area contributed by atoms with Crippen LogP contribution in [-0.2, 0) is 39.3 Å². The molecule has 0 aliphatic carbocycles. The minimum absolute atomic E-state index is 0.0756. The number of hydrogen-bond acceptors (Lipinski definition) is 7. The van der Waals surface area contributed by atoms with Crippen LogP contribution in [0, 0.1) is 0 Å². The Morgan fingerprint density at radius 1 is 1.10 bits per heavy atom. The number of carbonyl (C=O) groups is 2. The summed E-state index contributed by atoms with van der Waals surface area (Å²) in [5.41, 5.74) is 4.04. The number of carbonyl (C=O) groups excluding carboxylic acids is 2. The number of aromatic nitrogens is 4. The number of nitrogens with zero attached hydrogens (tertiary/aromatic N) is 5. The first-order valence-corrected chi connectivity index (χ1v) is 14.4. The molecular formula is C32H36N6O4. The molecule has 0 radical (unpaired) electrons. The van der Waals surface area contributed by atoms with Crippen LogP contribution in [-0.4, -0.2) is 61.8 Å². The Morgan fingerprint density at radius 2 is 1.90 bits per heavy atom. The smallest absolute Gasteiger partial charge is 0.408 e. The van der Waals surface area contributed by atoms with Gasteiger partial charge in [-0.15, -0.1) is 0 Å². The number of imidazole rings is 1. The van der Waals surface area contributed by atoms with Crippen LogP contribution in [0.15, 0.2) is 48.8 Å². The number of pyridine rings is 2. The summed E-state index contributed by atoms with van der Waals surface area (Å²) < 4.78 is 13.2. The second kappa shape index (κ2) is 10.5. The maximum absolute atomic E-state index is 12.5. The fourth-order valence-corrected chi connectivity index (χ4v) is 5.65. The van der Waals surface area contributed by atoms with Gasteiger partial charge in [0, 0.05) is 55.3 Å². The molecule has 10 heteroatoms. The summed E-state index contributed by atoms with van der Waals surface area (Å²) in [6.07, 6.45) is 3.99. The van der Waals surface area contributed by atoms with E-state index in [9.17, 15) is 9.59 Å². The second-order valence-corrected chi connectivity index (χ2v) is 12.0. The maximum Gasteiger partial charge on any atom is 0.408 e. The monoisotopic (exact) mass is 568 g/mol. The van der Waals surface area contributed by atoms with Crippen LogP contribution in [0.1, 0.15) is 51.8 Å². The van der Waals surface area contributed by atoms with E-state index in [2.05, 4.69) is 35.0 Å².